The molecule has 0 spiro atoms. The lowest BCUT2D eigenvalue weighted by atomic mass is 10.2. The first-order valence-corrected chi connectivity index (χ1v) is 8.70. The summed E-state index contributed by atoms with van der Waals surface area (Å²) in [6.07, 6.45) is 5.76. The van der Waals surface area contributed by atoms with Crippen molar-refractivity contribution in [2.75, 3.05) is 19.4 Å². The lowest BCUT2D eigenvalue weighted by molar-refractivity contribution is 0.0677. The largest absolute Gasteiger partial charge is 0.489 e. The van der Waals surface area contributed by atoms with Crippen LogP contribution in [0.4, 0.5) is 5.82 Å². The number of carbonyl (C=O) groups is 1. The number of amides is 1. The molecule has 1 fully saturated rings. The van der Waals surface area contributed by atoms with Gasteiger partial charge in [-0.05, 0) is 32.4 Å². The summed E-state index contributed by atoms with van der Waals surface area (Å²) < 4.78 is 12.9. The maximum Gasteiger partial charge on any atom is 0.255 e. The van der Waals surface area contributed by atoms with Gasteiger partial charge < -0.3 is 20.1 Å². The highest BCUT2D eigenvalue weighted by Gasteiger charge is 2.36. The number of carbonyl (C=O) groups excluding carboxylic acids is 1. The molecule has 0 aliphatic carbocycles. The van der Waals surface area contributed by atoms with E-state index in [-0.39, 0.29) is 24.2 Å². The van der Waals surface area contributed by atoms with Crippen molar-refractivity contribution in [1.29, 1.82) is 0 Å². The van der Waals surface area contributed by atoms with Gasteiger partial charge >= 0.3 is 0 Å². The quantitative estimate of drug-likeness (QED) is 0.841. The lowest BCUT2D eigenvalue weighted by Gasteiger charge is -2.24. The van der Waals surface area contributed by atoms with Crippen LogP contribution in [0.5, 0.6) is 5.75 Å². The first kappa shape index (κ1) is 18.2. The lowest BCUT2D eigenvalue weighted by Crippen LogP contribution is -2.38. The summed E-state index contributed by atoms with van der Waals surface area (Å²) in [4.78, 5) is 19.0. The van der Waals surface area contributed by atoms with Crippen molar-refractivity contribution in [1.82, 2.24) is 19.7 Å². The number of ether oxygens (including phenoxy) is 2. The number of hydrogen-bond acceptors (Lipinski definition) is 6. The molecule has 8 heteroatoms. The summed E-state index contributed by atoms with van der Waals surface area (Å²) in [7, 11) is 1.67. The summed E-state index contributed by atoms with van der Waals surface area (Å²) in [5.41, 5.74) is 6.19. The smallest absolute Gasteiger partial charge is 0.255 e. The molecule has 26 heavy (non-hydrogen) atoms. The number of methoxy groups -OCH3 is 1. The van der Waals surface area contributed by atoms with Gasteiger partial charge in [0.05, 0.1) is 36.6 Å². The van der Waals surface area contributed by atoms with Crippen molar-refractivity contribution in [3.63, 3.8) is 0 Å². The summed E-state index contributed by atoms with van der Waals surface area (Å²) in [6, 6.07) is 3.45. The monoisotopic (exact) mass is 359 g/mol. The van der Waals surface area contributed by atoms with Crippen LogP contribution in [0.15, 0.2) is 30.7 Å². The Morgan fingerprint density at radius 2 is 2.23 bits per heavy atom. The minimum absolute atomic E-state index is 0.0000787. The SMILES string of the molecule is CO[C@H]1C[C@@H](Cn2ccc(N)n2)N(C(=O)c2cncc(OC(C)C)c2)C1. The summed E-state index contributed by atoms with van der Waals surface area (Å²) in [5.74, 6) is 0.966. The van der Waals surface area contributed by atoms with Gasteiger partial charge in [-0.3, -0.25) is 14.5 Å². The molecule has 2 aromatic rings. The normalized spacial score (nSPS) is 19.9. The van der Waals surface area contributed by atoms with E-state index in [9.17, 15) is 4.79 Å². The van der Waals surface area contributed by atoms with E-state index in [1.165, 1.54) is 0 Å². The van der Waals surface area contributed by atoms with E-state index in [2.05, 4.69) is 10.1 Å². The molecular weight excluding hydrogens is 334 g/mol. The molecule has 8 nitrogen and oxygen atoms in total. The Hall–Kier alpha value is -2.61. The maximum atomic E-state index is 13.1. The number of aromatic nitrogens is 3. The Morgan fingerprint density at radius 1 is 1.42 bits per heavy atom. The zero-order valence-corrected chi connectivity index (χ0v) is 15.3. The number of nitrogens with zero attached hydrogens (tertiary/aromatic N) is 4. The molecule has 1 aliphatic heterocycles. The Morgan fingerprint density at radius 3 is 2.88 bits per heavy atom. The molecule has 140 valence electrons. The number of nitrogens with two attached hydrogens (primary N) is 1. The predicted molar refractivity (Wildman–Crippen MR) is 96.9 cm³/mol. The molecule has 3 heterocycles. The van der Waals surface area contributed by atoms with E-state index in [4.69, 9.17) is 15.2 Å². The van der Waals surface area contributed by atoms with Gasteiger partial charge in [0.25, 0.3) is 5.91 Å². The third kappa shape index (κ3) is 4.13. The topological polar surface area (TPSA) is 95.5 Å². The van der Waals surface area contributed by atoms with Crippen LogP contribution >= 0.6 is 0 Å². The zero-order valence-electron chi connectivity index (χ0n) is 15.3. The second kappa shape index (κ2) is 7.74. The van der Waals surface area contributed by atoms with Crippen LogP contribution in [-0.2, 0) is 11.3 Å². The predicted octanol–water partition coefficient (Wildman–Crippen LogP) is 1.58. The Labute approximate surface area is 152 Å². The molecule has 0 saturated carbocycles. The van der Waals surface area contributed by atoms with Gasteiger partial charge in [0.2, 0.25) is 0 Å². The minimum Gasteiger partial charge on any atom is -0.489 e. The summed E-state index contributed by atoms with van der Waals surface area (Å²) >= 11 is 0. The number of pyridine rings is 1. The van der Waals surface area contributed by atoms with E-state index < -0.39 is 0 Å². The van der Waals surface area contributed by atoms with Gasteiger partial charge in [-0.25, -0.2) is 0 Å². The second-order valence-corrected chi connectivity index (χ2v) is 6.74. The number of anilines is 1. The highest BCUT2D eigenvalue weighted by Crippen LogP contribution is 2.25. The van der Waals surface area contributed by atoms with Crippen molar-refractivity contribution < 1.29 is 14.3 Å². The molecule has 1 aliphatic rings. The van der Waals surface area contributed by atoms with Crippen LogP contribution in [0.25, 0.3) is 0 Å². The van der Waals surface area contributed by atoms with Gasteiger partial charge in [0.15, 0.2) is 0 Å². The second-order valence-electron chi connectivity index (χ2n) is 6.74. The van der Waals surface area contributed by atoms with Crippen molar-refractivity contribution in [3.8, 4) is 5.75 Å². The van der Waals surface area contributed by atoms with Gasteiger partial charge in [0.1, 0.15) is 11.6 Å². The Bertz CT molecular complexity index is 761. The third-order valence-corrected chi connectivity index (χ3v) is 4.36. The molecule has 2 aromatic heterocycles. The fraction of sp³-hybridized carbons (Fsp3) is 0.500. The van der Waals surface area contributed by atoms with Crippen molar-refractivity contribution in [3.05, 3.63) is 36.3 Å². The molecular formula is C18H25N5O3. The molecule has 1 saturated heterocycles. The third-order valence-electron chi connectivity index (χ3n) is 4.36. The van der Waals surface area contributed by atoms with E-state index >= 15 is 0 Å². The van der Waals surface area contributed by atoms with Gasteiger partial charge in [-0.15, -0.1) is 0 Å². The standard InChI is InChI=1S/C18H25N5O3/c1-12(2)26-15-6-13(8-20-9-15)18(24)23-11-16(25-3)7-14(23)10-22-5-4-17(19)21-22/h4-6,8-9,12,14,16H,7,10-11H2,1-3H3,(H2,19,21)/t14-,16-/m0/s1. The van der Waals surface area contributed by atoms with Gasteiger partial charge in [-0.1, -0.05) is 0 Å². The van der Waals surface area contributed by atoms with Gasteiger partial charge in [0, 0.05) is 26.0 Å². The van der Waals surface area contributed by atoms with Crippen LogP contribution in [0.3, 0.4) is 0 Å². The first-order chi connectivity index (χ1) is 12.5. The molecule has 3 rings (SSSR count). The molecule has 0 radical (unpaired) electrons. The Kier molecular flexibility index (Phi) is 5.41. The Balaban J connectivity index is 1.78. The number of hydrogen-bond donors (Lipinski definition) is 1. The molecule has 2 N–H and O–H groups in total. The maximum absolute atomic E-state index is 13.1. The van der Waals surface area contributed by atoms with Crippen molar-refractivity contribution in [2.45, 2.75) is 45.1 Å². The average Bonchev–Trinajstić information content (AvgIpc) is 3.20. The van der Waals surface area contributed by atoms with E-state index in [1.807, 2.05) is 24.9 Å². The van der Waals surface area contributed by atoms with Crippen LogP contribution in [0.1, 0.15) is 30.6 Å². The first-order valence-electron chi connectivity index (χ1n) is 8.70. The average molecular weight is 359 g/mol. The molecule has 0 unspecified atom stereocenters. The molecule has 1 amide bonds. The van der Waals surface area contributed by atoms with Crippen LogP contribution in [0, 0.1) is 0 Å². The number of nitrogen functional groups attached to an aromatic ring is 1. The minimum atomic E-state index is -0.0867. The highest BCUT2D eigenvalue weighted by molar-refractivity contribution is 5.94. The highest BCUT2D eigenvalue weighted by atomic mass is 16.5. The van der Waals surface area contributed by atoms with Gasteiger partial charge in [-0.2, -0.15) is 5.10 Å². The van der Waals surface area contributed by atoms with E-state index in [1.54, 1.807) is 36.3 Å². The van der Waals surface area contributed by atoms with Crippen molar-refractivity contribution >= 4 is 11.7 Å². The van der Waals surface area contributed by atoms with E-state index in [0.29, 0.717) is 30.2 Å². The van der Waals surface area contributed by atoms with Crippen LogP contribution < -0.4 is 10.5 Å². The van der Waals surface area contributed by atoms with Crippen LogP contribution in [0.2, 0.25) is 0 Å². The summed E-state index contributed by atoms with van der Waals surface area (Å²) in [5, 5.41) is 4.22. The number of likely N-dealkylation sites (tertiary alicyclic amines) is 1. The fourth-order valence-electron chi connectivity index (χ4n) is 3.20. The van der Waals surface area contributed by atoms with Crippen LogP contribution in [-0.4, -0.2) is 57.5 Å². The molecule has 0 aromatic carbocycles. The fourth-order valence-corrected chi connectivity index (χ4v) is 3.20. The zero-order chi connectivity index (χ0) is 18.7. The molecule has 0 bridgehead atoms. The summed E-state index contributed by atoms with van der Waals surface area (Å²) in [6.45, 7) is 4.97. The molecule has 2 atom stereocenters. The van der Waals surface area contributed by atoms with E-state index in [0.717, 1.165) is 6.42 Å². The van der Waals surface area contributed by atoms with Crippen molar-refractivity contribution in [2.24, 2.45) is 0 Å². The number of rotatable bonds is 6.